The van der Waals surface area contributed by atoms with Gasteiger partial charge in [-0.15, -0.1) is 0 Å². The zero-order valence-electron chi connectivity index (χ0n) is 28.1. The average molecular weight is 728 g/mol. The summed E-state index contributed by atoms with van der Waals surface area (Å²) in [6, 6.07) is 10.1. The Morgan fingerprint density at radius 2 is 1.69 bits per heavy atom. The number of carbonyl (C=O) groups excluding carboxylic acids is 2. The summed E-state index contributed by atoms with van der Waals surface area (Å²) in [5.74, 6) is -1.43. The number of piperazine rings is 1. The van der Waals surface area contributed by atoms with Crippen LogP contribution >= 0.6 is 11.6 Å². The van der Waals surface area contributed by atoms with E-state index in [1.165, 1.54) is 6.07 Å². The Morgan fingerprint density at radius 3 is 2.39 bits per heavy atom. The molecule has 51 heavy (non-hydrogen) atoms. The highest BCUT2D eigenvalue weighted by Gasteiger charge is 2.37. The van der Waals surface area contributed by atoms with Gasteiger partial charge in [0.2, 0.25) is 11.8 Å². The number of fused-ring (bicyclic) bond motifs is 3. The summed E-state index contributed by atoms with van der Waals surface area (Å²) >= 11 is 6.15. The summed E-state index contributed by atoms with van der Waals surface area (Å²) in [6.07, 6.45) is -0.415. The number of hydrogen-bond acceptors (Lipinski definition) is 7. The van der Waals surface area contributed by atoms with Crippen molar-refractivity contribution in [2.45, 2.75) is 56.8 Å². The lowest BCUT2D eigenvalue weighted by molar-refractivity contribution is -0.143. The van der Waals surface area contributed by atoms with Crippen LogP contribution in [0.15, 0.2) is 47.4 Å². The molecule has 4 aromatic rings. The van der Waals surface area contributed by atoms with Crippen molar-refractivity contribution in [1.29, 1.82) is 0 Å². The van der Waals surface area contributed by atoms with Crippen LogP contribution in [-0.2, 0) is 26.9 Å². The minimum absolute atomic E-state index is 0.101. The smallest absolute Gasteiger partial charge is 0.397 e. The molecule has 1 atom stereocenters. The van der Waals surface area contributed by atoms with Crippen molar-refractivity contribution in [3.8, 4) is 0 Å². The normalized spacial score (nSPS) is 19.2. The summed E-state index contributed by atoms with van der Waals surface area (Å²) in [5, 5.41) is 0.601. The number of likely N-dealkylation sites (tertiary alicyclic amines) is 1. The fourth-order valence-electron chi connectivity index (χ4n) is 7.97. The number of rotatable bonds is 7. The molecule has 3 N–H and O–H groups in total. The Bertz CT molecular complexity index is 1980. The molecule has 3 saturated heterocycles. The zero-order chi connectivity index (χ0) is 35.9. The van der Waals surface area contributed by atoms with E-state index < -0.39 is 23.3 Å². The van der Waals surface area contributed by atoms with Crippen LogP contribution in [0.3, 0.4) is 0 Å². The number of imidazole rings is 1. The molecule has 2 amide bonds. The lowest BCUT2D eigenvalue weighted by Crippen LogP contribution is -2.54. The second-order valence-electron chi connectivity index (χ2n) is 13.8. The third-order valence-electron chi connectivity index (χ3n) is 10.7. The van der Waals surface area contributed by atoms with Crippen molar-refractivity contribution in [3.63, 3.8) is 0 Å². The summed E-state index contributed by atoms with van der Waals surface area (Å²) in [4.78, 5) is 54.4. The van der Waals surface area contributed by atoms with Crippen molar-refractivity contribution in [2.24, 2.45) is 5.92 Å². The van der Waals surface area contributed by atoms with Crippen molar-refractivity contribution in [2.75, 3.05) is 58.2 Å². The van der Waals surface area contributed by atoms with E-state index in [0.29, 0.717) is 76.9 Å². The average Bonchev–Trinajstić information content (AvgIpc) is 3.48. The van der Waals surface area contributed by atoms with Crippen molar-refractivity contribution >= 4 is 51.0 Å². The van der Waals surface area contributed by atoms with E-state index in [1.807, 2.05) is 24.3 Å². The first-order valence-corrected chi connectivity index (χ1v) is 17.9. The van der Waals surface area contributed by atoms with Crippen molar-refractivity contribution in [3.05, 3.63) is 69.2 Å². The number of nitrogens with zero attached hydrogens (tertiary/aromatic N) is 5. The Kier molecular flexibility index (Phi) is 10.0. The number of nitrogens with one attached hydrogen (secondary N) is 1. The summed E-state index contributed by atoms with van der Waals surface area (Å²) in [5.41, 5.74) is 6.19. The van der Waals surface area contributed by atoms with Crippen LogP contribution in [0.2, 0.25) is 5.02 Å². The highest BCUT2D eigenvalue weighted by atomic mass is 35.5. The molecule has 272 valence electrons. The molecule has 0 saturated carbocycles. The summed E-state index contributed by atoms with van der Waals surface area (Å²) in [7, 11) is 0. The van der Waals surface area contributed by atoms with Gasteiger partial charge < -0.3 is 25.3 Å². The number of aromatic nitrogens is 3. The number of carbonyl (C=O) groups is 2. The minimum atomic E-state index is -4.74. The molecule has 0 spiro atoms. The molecule has 5 heterocycles. The second-order valence-corrected chi connectivity index (χ2v) is 14.2. The third kappa shape index (κ3) is 7.31. The molecule has 3 fully saturated rings. The van der Waals surface area contributed by atoms with Gasteiger partial charge in [-0.25, -0.2) is 4.79 Å². The predicted octanol–water partition coefficient (Wildman–Crippen LogP) is 4.87. The molecule has 11 nitrogen and oxygen atoms in total. The van der Waals surface area contributed by atoms with E-state index in [2.05, 4.69) is 14.9 Å². The highest BCUT2D eigenvalue weighted by molar-refractivity contribution is 6.33. The van der Waals surface area contributed by atoms with E-state index in [0.717, 1.165) is 35.3 Å². The fraction of sp³-hybridized carbons (Fsp3) is 0.500. The van der Waals surface area contributed by atoms with Crippen LogP contribution in [-0.4, -0.2) is 99.6 Å². The number of para-hydroxylation sites is 1. The number of piperidine rings is 1. The maximum atomic E-state index is 14.1. The van der Waals surface area contributed by atoms with Gasteiger partial charge in [-0.1, -0.05) is 29.8 Å². The molecular formula is C36H41ClF3N7O4. The number of anilines is 1. The lowest BCUT2D eigenvalue weighted by atomic mass is 9.91. The predicted molar refractivity (Wildman–Crippen MR) is 187 cm³/mol. The van der Waals surface area contributed by atoms with Crippen molar-refractivity contribution < 1.29 is 27.5 Å². The first-order chi connectivity index (χ1) is 24.5. The number of halogens is 4. The van der Waals surface area contributed by atoms with Gasteiger partial charge in [0, 0.05) is 76.4 Å². The number of nitrogens with two attached hydrogens (primary N) is 1. The first kappa shape index (κ1) is 35.3. The Hall–Kier alpha value is -4.14. The molecule has 2 aromatic carbocycles. The Morgan fingerprint density at radius 1 is 0.980 bits per heavy atom. The Balaban J connectivity index is 1.07. The molecule has 0 bridgehead atoms. The van der Waals surface area contributed by atoms with Gasteiger partial charge in [-0.2, -0.15) is 13.2 Å². The first-order valence-electron chi connectivity index (χ1n) is 17.5. The van der Waals surface area contributed by atoms with Gasteiger partial charge in [0.1, 0.15) is 0 Å². The standard InChI is InChI=1S/C36H41ClF3N7O4/c37-28-19-22(18-27(32(28)41)36(38,39)40)17-23(34(49)46-13-11-44(12-14-46)24-7-15-51-16-8-24)20-31(48)45-9-5-25(6-10-45)47-30-21-42-29-4-2-1-3-26(29)33(30)43-35(47)50/h1-4,18-19,21,23-25H,5-17,20,41H2,(H,43,50)/t23-/m0/s1. The molecule has 0 unspecified atom stereocenters. The van der Waals surface area contributed by atoms with Gasteiger partial charge >= 0.3 is 11.9 Å². The fourth-order valence-corrected chi connectivity index (χ4v) is 8.21. The van der Waals surface area contributed by atoms with Crippen LogP contribution in [0, 0.1) is 5.92 Å². The van der Waals surface area contributed by atoms with E-state index in [4.69, 9.17) is 22.1 Å². The molecule has 0 radical (unpaired) electrons. The number of hydrogen-bond donors (Lipinski definition) is 2. The molecular weight excluding hydrogens is 687 g/mol. The van der Waals surface area contributed by atoms with Gasteiger partial charge in [0.05, 0.1) is 44.9 Å². The van der Waals surface area contributed by atoms with Crippen LogP contribution in [0.5, 0.6) is 0 Å². The van der Waals surface area contributed by atoms with E-state index in [-0.39, 0.29) is 47.0 Å². The van der Waals surface area contributed by atoms with Crippen LogP contribution in [0.1, 0.15) is 49.3 Å². The van der Waals surface area contributed by atoms with Gasteiger partial charge in [0.15, 0.2) is 0 Å². The molecule has 3 aliphatic rings. The van der Waals surface area contributed by atoms with E-state index in [9.17, 15) is 27.6 Å². The summed E-state index contributed by atoms with van der Waals surface area (Å²) < 4.78 is 48.7. The monoisotopic (exact) mass is 727 g/mol. The molecule has 15 heteroatoms. The number of pyridine rings is 1. The number of benzene rings is 2. The largest absolute Gasteiger partial charge is 0.418 e. The number of amides is 2. The number of nitrogen functional groups attached to an aromatic ring is 1. The quantitative estimate of drug-likeness (QED) is 0.260. The maximum absolute atomic E-state index is 14.1. The van der Waals surface area contributed by atoms with E-state index in [1.54, 1.807) is 20.6 Å². The number of alkyl halides is 3. The zero-order valence-corrected chi connectivity index (χ0v) is 28.9. The van der Waals surface area contributed by atoms with Gasteiger partial charge in [0.25, 0.3) is 0 Å². The maximum Gasteiger partial charge on any atom is 0.418 e. The van der Waals surface area contributed by atoms with E-state index >= 15 is 0 Å². The molecule has 0 aliphatic carbocycles. The van der Waals surface area contributed by atoms with Crippen LogP contribution in [0.4, 0.5) is 18.9 Å². The van der Waals surface area contributed by atoms with Gasteiger partial charge in [-0.05, 0) is 55.9 Å². The topological polar surface area (TPSA) is 130 Å². The Labute approximate surface area is 297 Å². The molecule has 7 rings (SSSR count). The summed E-state index contributed by atoms with van der Waals surface area (Å²) in [6.45, 7) is 4.42. The lowest BCUT2D eigenvalue weighted by Gasteiger charge is -2.41. The second kappa shape index (κ2) is 14.5. The highest BCUT2D eigenvalue weighted by Crippen LogP contribution is 2.39. The SMILES string of the molecule is Nc1c(Cl)cc(C[C@@H](CC(=O)N2CCC(n3c(=O)[nH]c4c5ccccc5ncc43)CC2)C(=O)N2CCN(C3CCOCC3)CC2)cc1C(F)(F)F. The minimum Gasteiger partial charge on any atom is -0.397 e. The molecule has 2 aromatic heterocycles. The van der Waals surface area contributed by atoms with Gasteiger partial charge in [-0.3, -0.25) is 24.0 Å². The van der Waals surface area contributed by atoms with Crippen LogP contribution in [0.25, 0.3) is 21.9 Å². The number of ether oxygens (including phenoxy) is 1. The number of H-pyrrole nitrogens is 1. The number of aromatic amines is 1. The molecule has 3 aliphatic heterocycles. The van der Waals surface area contributed by atoms with Crippen molar-refractivity contribution in [1.82, 2.24) is 29.2 Å². The van der Waals surface area contributed by atoms with Crippen LogP contribution < -0.4 is 11.4 Å². The third-order valence-corrected chi connectivity index (χ3v) is 11.0.